The van der Waals surface area contributed by atoms with E-state index >= 15 is 0 Å². The van der Waals surface area contributed by atoms with Crippen LogP contribution in [0.25, 0.3) is 0 Å². The first-order chi connectivity index (χ1) is 12.5. The first-order valence-corrected chi connectivity index (χ1v) is 8.06. The minimum Gasteiger partial charge on any atom is -0.482 e. The molecule has 0 aliphatic heterocycles. The lowest BCUT2D eigenvalue weighted by Gasteiger charge is -2.10. The zero-order valence-electron chi connectivity index (χ0n) is 13.3. The molecule has 0 radical (unpaired) electrons. The van der Waals surface area contributed by atoms with Gasteiger partial charge in [-0.15, -0.1) is 0 Å². The quantitative estimate of drug-likeness (QED) is 0.638. The first kappa shape index (κ1) is 19.5. The summed E-state index contributed by atoms with van der Waals surface area (Å²) in [4.78, 5) is 38.9. The second-order valence-electron chi connectivity index (χ2n) is 4.86. The van der Waals surface area contributed by atoms with E-state index in [4.69, 9.17) is 27.9 Å². The Bertz CT molecular complexity index is 816. The van der Waals surface area contributed by atoms with E-state index in [9.17, 15) is 14.4 Å². The van der Waals surface area contributed by atoms with Crippen molar-refractivity contribution in [3.63, 3.8) is 0 Å². The third-order valence-corrected chi connectivity index (χ3v) is 3.45. The molecule has 3 amide bonds. The van der Waals surface area contributed by atoms with Crippen molar-refractivity contribution in [2.75, 3.05) is 13.2 Å². The van der Waals surface area contributed by atoms with Crippen LogP contribution in [-0.4, -0.2) is 35.9 Å². The fourth-order valence-corrected chi connectivity index (χ4v) is 2.05. The molecule has 2 rings (SSSR count). The number of para-hydroxylation sites is 1. The van der Waals surface area contributed by atoms with Gasteiger partial charge in [0.15, 0.2) is 6.61 Å². The highest BCUT2D eigenvalue weighted by Gasteiger charge is 2.11. The SMILES string of the molecule is O=C(CNC(=O)c1cc(Cl)ccn1)NNC(=O)COc1ccccc1Cl. The van der Waals surface area contributed by atoms with Gasteiger partial charge in [0.1, 0.15) is 11.4 Å². The number of halogens is 2. The van der Waals surface area contributed by atoms with E-state index in [2.05, 4.69) is 21.2 Å². The molecule has 10 heteroatoms. The maximum atomic E-state index is 11.8. The summed E-state index contributed by atoms with van der Waals surface area (Å²) in [5.41, 5.74) is 4.36. The van der Waals surface area contributed by atoms with Crippen LogP contribution >= 0.6 is 23.2 Å². The molecular weight excluding hydrogens is 383 g/mol. The number of carbonyl (C=O) groups excluding carboxylic acids is 3. The predicted molar refractivity (Wildman–Crippen MR) is 94.8 cm³/mol. The number of rotatable bonds is 6. The molecule has 0 fully saturated rings. The van der Waals surface area contributed by atoms with Crippen molar-refractivity contribution in [1.82, 2.24) is 21.2 Å². The lowest BCUT2D eigenvalue weighted by molar-refractivity contribution is -0.129. The van der Waals surface area contributed by atoms with Crippen LogP contribution in [0.1, 0.15) is 10.5 Å². The van der Waals surface area contributed by atoms with Crippen molar-refractivity contribution in [3.8, 4) is 5.75 Å². The highest BCUT2D eigenvalue weighted by molar-refractivity contribution is 6.32. The number of nitrogens with zero attached hydrogens (tertiary/aromatic N) is 1. The van der Waals surface area contributed by atoms with Gasteiger partial charge in [-0.1, -0.05) is 35.3 Å². The van der Waals surface area contributed by atoms with E-state index in [-0.39, 0.29) is 18.8 Å². The smallest absolute Gasteiger partial charge is 0.276 e. The summed E-state index contributed by atoms with van der Waals surface area (Å²) in [7, 11) is 0. The molecule has 1 aromatic carbocycles. The Hall–Kier alpha value is -2.84. The van der Waals surface area contributed by atoms with Crippen LogP contribution in [0.2, 0.25) is 10.0 Å². The molecule has 0 saturated carbocycles. The molecule has 0 bridgehead atoms. The van der Waals surface area contributed by atoms with Crippen LogP contribution in [0.5, 0.6) is 5.75 Å². The average Bonchev–Trinajstić information content (AvgIpc) is 2.63. The van der Waals surface area contributed by atoms with E-state index in [1.807, 2.05) is 0 Å². The second-order valence-corrected chi connectivity index (χ2v) is 5.70. The number of amides is 3. The Morgan fingerprint density at radius 2 is 1.77 bits per heavy atom. The van der Waals surface area contributed by atoms with Gasteiger partial charge >= 0.3 is 0 Å². The van der Waals surface area contributed by atoms with Gasteiger partial charge in [0.25, 0.3) is 17.7 Å². The Labute approximate surface area is 158 Å². The summed E-state index contributed by atoms with van der Waals surface area (Å²) >= 11 is 11.6. The van der Waals surface area contributed by atoms with Crippen LogP contribution in [0, 0.1) is 0 Å². The van der Waals surface area contributed by atoms with Gasteiger partial charge in [-0.2, -0.15) is 0 Å². The second kappa shape index (κ2) is 9.59. The normalized spacial score (nSPS) is 9.92. The van der Waals surface area contributed by atoms with Crippen LogP contribution in [-0.2, 0) is 9.59 Å². The summed E-state index contributed by atoms with van der Waals surface area (Å²) in [6.45, 7) is -0.707. The molecule has 0 aliphatic rings. The lowest BCUT2D eigenvalue weighted by atomic mass is 10.3. The molecule has 0 aliphatic carbocycles. The number of pyridine rings is 1. The van der Waals surface area contributed by atoms with Crippen molar-refractivity contribution in [2.45, 2.75) is 0 Å². The molecule has 0 saturated heterocycles. The van der Waals surface area contributed by atoms with E-state index in [0.717, 1.165) is 0 Å². The van der Waals surface area contributed by atoms with Crippen LogP contribution in [0.15, 0.2) is 42.6 Å². The molecule has 0 atom stereocenters. The number of aromatic nitrogens is 1. The molecule has 136 valence electrons. The summed E-state index contributed by atoms with van der Waals surface area (Å²) in [5.74, 6) is -1.46. The molecular formula is C16H14Cl2N4O4. The van der Waals surface area contributed by atoms with E-state index < -0.39 is 17.7 Å². The van der Waals surface area contributed by atoms with E-state index in [1.165, 1.54) is 18.3 Å². The molecule has 0 unspecified atom stereocenters. The van der Waals surface area contributed by atoms with Gasteiger partial charge in [-0.25, -0.2) is 0 Å². The average molecular weight is 397 g/mol. The van der Waals surface area contributed by atoms with Crippen molar-refractivity contribution in [2.24, 2.45) is 0 Å². The minimum absolute atomic E-state index is 0.0717. The highest BCUT2D eigenvalue weighted by Crippen LogP contribution is 2.22. The Morgan fingerprint density at radius 1 is 1.04 bits per heavy atom. The zero-order valence-corrected chi connectivity index (χ0v) is 14.8. The van der Waals surface area contributed by atoms with Crippen LogP contribution < -0.4 is 20.9 Å². The fourth-order valence-electron chi connectivity index (χ4n) is 1.70. The zero-order chi connectivity index (χ0) is 18.9. The molecule has 2 aromatic rings. The van der Waals surface area contributed by atoms with Gasteiger partial charge in [0.05, 0.1) is 11.6 Å². The number of carbonyl (C=O) groups is 3. The summed E-state index contributed by atoms with van der Waals surface area (Å²) < 4.78 is 5.21. The van der Waals surface area contributed by atoms with Gasteiger partial charge < -0.3 is 10.1 Å². The number of hydrogen-bond acceptors (Lipinski definition) is 5. The fraction of sp³-hybridized carbons (Fsp3) is 0.125. The molecule has 1 heterocycles. The van der Waals surface area contributed by atoms with Crippen molar-refractivity contribution in [1.29, 1.82) is 0 Å². The summed E-state index contributed by atoms with van der Waals surface area (Å²) in [6.07, 6.45) is 1.37. The number of ether oxygens (including phenoxy) is 1. The molecule has 26 heavy (non-hydrogen) atoms. The summed E-state index contributed by atoms with van der Waals surface area (Å²) in [5, 5.41) is 3.05. The van der Waals surface area contributed by atoms with Crippen molar-refractivity contribution >= 4 is 40.9 Å². The van der Waals surface area contributed by atoms with Gasteiger partial charge in [-0.3, -0.25) is 30.2 Å². The van der Waals surface area contributed by atoms with Crippen molar-refractivity contribution in [3.05, 3.63) is 58.3 Å². The topological polar surface area (TPSA) is 109 Å². The Morgan fingerprint density at radius 3 is 2.50 bits per heavy atom. The van der Waals surface area contributed by atoms with Crippen molar-refractivity contribution < 1.29 is 19.1 Å². The Kier molecular flexibility index (Phi) is 7.19. The van der Waals surface area contributed by atoms with E-state index in [0.29, 0.717) is 15.8 Å². The maximum absolute atomic E-state index is 11.8. The largest absolute Gasteiger partial charge is 0.482 e. The summed E-state index contributed by atoms with van der Waals surface area (Å²) in [6, 6.07) is 9.54. The van der Waals surface area contributed by atoms with Gasteiger partial charge in [0.2, 0.25) is 0 Å². The monoisotopic (exact) mass is 396 g/mol. The highest BCUT2D eigenvalue weighted by atomic mass is 35.5. The first-order valence-electron chi connectivity index (χ1n) is 7.30. The Balaban J connectivity index is 1.69. The lowest BCUT2D eigenvalue weighted by Crippen LogP contribution is -2.47. The van der Waals surface area contributed by atoms with Gasteiger partial charge in [0, 0.05) is 11.2 Å². The molecule has 8 nitrogen and oxygen atoms in total. The third-order valence-electron chi connectivity index (χ3n) is 2.90. The molecule has 3 N–H and O–H groups in total. The predicted octanol–water partition coefficient (Wildman–Crippen LogP) is 1.34. The van der Waals surface area contributed by atoms with Crippen LogP contribution in [0.4, 0.5) is 0 Å². The minimum atomic E-state index is -0.633. The number of nitrogens with one attached hydrogen (secondary N) is 3. The molecule has 1 aromatic heterocycles. The molecule has 0 spiro atoms. The standard InChI is InChI=1S/C16H14Cl2N4O4/c17-10-5-6-19-12(7-10)16(25)20-8-14(23)21-22-15(24)9-26-13-4-2-1-3-11(13)18/h1-7H,8-9H2,(H,20,25)(H,21,23)(H,22,24). The maximum Gasteiger partial charge on any atom is 0.276 e. The number of hydrazine groups is 1. The third kappa shape index (κ3) is 6.23. The number of benzene rings is 1. The van der Waals surface area contributed by atoms with Crippen LogP contribution in [0.3, 0.4) is 0 Å². The van der Waals surface area contributed by atoms with Gasteiger partial charge in [-0.05, 0) is 24.3 Å². The van der Waals surface area contributed by atoms with E-state index in [1.54, 1.807) is 24.3 Å². The number of hydrogen-bond donors (Lipinski definition) is 3.